The minimum atomic E-state index is -0.511. The van der Waals surface area contributed by atoms with Crippen LogP contribution in [0, 0.1) is 11.3 Å². The number of ether oxygens (including phenoxy) is 1. The predicted molar refractivity (Wildman–Crippen MR) is 83.0 cm³/mol. The quantitative estimate of drug-likeness (QED) is 0.783. The van der Waals surface area contributed by atoms with Crippen molar-refractivity contribution in [2.24, 2.45) is 0 Å². The van der Waals surface area contributed by atoms with E-state index in [4.69, 9.17) is 4.74 Å². The lowest BCUT2D eigenvalue weighted by Crippen LogP contribution is -2.42. The van der Waals surface area contributed by atoms with Gasteiger partial charge in [0.2, 0.25) is 0 Å². The molecule has 1 aromatic rings. The maximum Gasteiger partial charge on any atom is 0.122 e. The number of rotatable bonds is 8. The van der Waals surface area contributed by atoms with Crippen LogP contribution in [0.15, 0.2) is 24.3 Å². The van der Waals surface area contributed by atoms with Gasteiger partial charge < -0.3 is 4.74 Å². The van der Waals surface area contributed by atoms with Gasteiger partial charge in [0.15, 0.2) is 0 Å². The second kappa shape index (κ2) is 7.91. The van der Waals surface area contributed by atoms with E-state index in [9.17, 15) is 5.26 Å². The molecule has 3 heteroatoms. The summed E-state index contributed by atoms with van der Waals surface area (Å²) < 4.78 is 5.88. The minimum absolute atomic E-state index is 0.437. The standard InChI is InChI=1S/C17H26N2O/c1-5-11-19-17(4,13-18)10-12-20-16-9-7-6-8-15(16)14(2)3/h6-9,14,19H,5,10-12H2,1-4H3. The molecule has 1 atom stereocenters. The summed E-state index contributed by atoms with van der Waals surface area (Å²) >= 11 is 0. The van der Waals surface area contributed by atoms with Crippen LogP contribution in [-0.2, 0) is 0 Å². The van der Waals surface area contributed by atoms with Gasteiger partial charge in [0, 0.05) is 6.42 Å². The second-order valence-electron chi connectivity index (χ2n) is 5.66. The monoisotopic (exact) mass is 274 g/mol. The summed E-state index contributed by atoms with van der Waals surface area (Å²) in [4.78, 5) is 0. The van der Waals surface area contributed by atoms with E-state index < -0.39 is 5.54 Å². The van der Waals surface area contributed by atoms with Gasteiger partial charge in [-0.3, -0.25) is 5.32 Å². The van der Waals surface area contributed by atoms with Crippen LogP contribution >= 0.6 is 0 Å². The smallest absolute Gasteiger partial charge is 0.122 e. The molecule has 0 aliphatic carbocycles. The van der Waals surface area contributed by atoms with Crippen LogP contribution in [0.25, 0.3) is 0 Å². The van der Waals surface area contributed by atoms with Crippen LogP contribution in [0.3, 0.4) is 0 Å². The first-order valence-corrected chi connectivity index (χ1v) is 7.40. The third-order valence-corrected chi connectivity index (χ3v) is 3.41. The highest BCUT2D eigenvalue weighted by Crippen LogP contribution is 2.26. The van der Waals surface area contributed by atoms with Gasteiger partial charge in [0.1, 0.15) is 11.3 Å². The van der Waals surface area contributed by atoms with Crippen molar-refractivity contribution in [2.75, 3.05) is 13.2 Å². The molecule has 0 heterocycles. The van der Waals surface area contributed by atoms with Gasteiger partial charge in [-0.05, 0) is 37.4 Å². The molecular formula is C17H26N2O. The molecule has 1 N–H and O–H groups in total. The zero-order valence-corrected chi connectivity index (χ0v) is 13.1. The van der Waals surface area contributed by atoms with Crippen LogP contribution in [0.4, 0.5) is 0 Å². The highest BCUT2D eigenvalue weighted by atomic mass is 16.5. The average Bonchev–Trinajstić information content (AvgIpc) is 2.45. The number of nitrogens with zero attached hydrogens (tertiary/aromatic N) is 1. The molecule has 0 fully saturated rings. The summed E-state index contributed by atoms with van der Waals surface area (Å²) in [6.45, 7) is 9.74. The Balaban J connectivity index is 2.58. The topological polar surface area (TPSA) is 45.0 Å². The van der Waals surface area contributed by atoms with Gasteiger partial charge in [-0.2, -0.15) is 5.26 Å². The number of nitriles is 1. The Labute approximate surface area is 123 Å². The molecule has 1 aromatic carbocycles. The molecule has 0 amide bonds. The van der Waals surface area contributed by atoms with Crippen molar-refractivity contribution >= 4 is 0 Å². The zero-order chi connectivity index (χ0) is 15.0. The zero-order valence-electron chi connectivity index (χ0n) is 13.1. The molecule has 0 spiro atoms. The Kier molecular flexibility index (Phi) is 6.54. The van der Waals surface area contributed by atoms with Gasteiger partial charge in [-0.25, -0.2) is 0 Å². The summed E-state index contributed by atoms with van der Waals surface area (Å²) in [5.41, 5.74) is 0.704. The molecule has 1 unspecified atom stereocenters. The van der Waals surface area contributed by atoms with Crippen molar-refractivity contribution in [1.29, 1.82) is 5.26 Å². The van der Waals surface area contributed by atoms with Gasteiger partial charge in [-0.15, -0.1) is 0 Å². The lowest BCUT2D eigenvalue weighted by Gasteiger charge is -2.23. The van der Waals surface area contributed by atoms with Crippen molar-refractivity contribution in [3.05, 3.63) is 29.8 Å². The predicted octanol–water partition coefficient (Wildman–Crippen LogP) is 3.86. The van der Waals surface area contributed by atoms with Crippen LogP contribution in [0.5, 0.6) is 5.75 Å². The second-order valence-corrected chi connectivity index (χ2v) is 5.66. The fourth-order valence-corrected chi connectivity index (χ4v) is 2.04. The Morgan fingerprint density at radius 3 is 2.65 bits per heavy atom. The van der Waals surface area contributed by atoms with Gasteiger partial charge in [0.25, 0.3) is 0 Å². The van der Waals surface area contributed by atoms with E-state index in [2.05, 4.69) is 38.2 Å². The summed E-state index contributed by atoms with van der Waals surface area (Å²) in [7, 11) is 0. The number of hydrogen-bond donors (Lipinski definition) is 1. The van der Waals surface area contributed by atoms with E-state index in [1.807, 2.05) is 25.1 Å². The first kappa shape index (κ1) is 16.5. The average molecular weight is 274 g/mol. The molecule has 110 valence electrons. The van der Waals surface area contributed by atoms with Crippen molar-refractivity contribution in [2.45, 2.75) is 52.0 Å². The molecule has 0 aromatic heterocycles. The first-order valence-electron chi connectivity index (χ1n) is 7.40. The van der Waals surface area contributed by atoms with Gasteiger partial charge in [0.05, 0.1) is 12.7 Å². The molecule has 0 saturated carbocycles. The van der Waals surface area contributed by atoms with E-state index in [0.29, 0.717) is 18.9 Å². The maximum atomic E-state index is 9.28. The lowest BCUT2D eigenvalue weighted by molar-refractivity contribution is 0.264. The fraction of sp³-hybridized carbons (Fsp3) is 0.588. The SMILES string of the molecule is CCCNC(C)(C#N)CCOc1ccccc1C(C)C. The highest BCUT2D eigenvalue weighted by Gasteiger charge is 2.22. The maximum absolute atomic E-state index is 9.28. The highest BCUT2D eigenvalue weighted by molar-refractivity contribution is 5.35. The molecule has 0 aliphatic rings. The van der Waals surface area contributed by atoms with Crippen LogP contribution in [0.2, 0.25) is 0 Å². The lowest BCUT2D eigenvalue weighted by atomic mass is 10.00. The van der Waals surface area contributed by atoms with E-state index in [0.717, 1.165) is 18.7 Å². The molecule has 0 bridgehead atoms. The van der Waals surface area contributed by atoms with E-state index in [1.165, 1.54) is 5.56 Å². The van der Waals surface area contributed by atoms with Crippen molar-refractivity contribution in [3.8, 4) is 11.8 Å². The minimum Gasteiger partial charge on any atom is -0.493 e. The number of para-hydroxylation sites is 1. The van der Waals surface area contributed by atoms with E-state index in [-0.39, 0.29) is 0 Å². The summed E-state index contributed by atoms with van der Waals surface area (Å²) in [5.74, 6) is 1.37. The molecule has 0 saturated heterocycles. The van der Waals surface area contributed by atoms with Crippen molar-refractivity contribution in [3.63, 3.8) is 0 Å². The van der Waals surface area contributed by atoms with Crippen LogP contribution < -0.4 is 10.1 Å². The van der Waals surface area contributed by atoms with Crippen molar-refractivity contribution < 1.29 is 4.74 Å². The fourth-order valence-electron chi connectivity index (χ4n) is 2.04. The van der Waals surface area contributed by atoms with E-state index in [1.54, 1.807) is 0 Å². The third kappa shape index (κ3) is 4.86. The summed E-state index contributed by atoms with van der Waals surface area (Å²) in [5, 5.41) is 12.6. The Hall–Kier alpha value is -1.53. The van der Waals surface area contributed by atoms with Crippen molar-refractivity contribution in [1.82, 2.24) is 5.32 Å². The summed E-state index contributed by atoms with van der Waals surface area (Å²) in [6, 6.07) is 10.5. The Bertz CT molecular complexity index is 451. The van der Waals surface area contributed by atoms with Gasteiger partial charge >= 0.3 is 0 Å². The Morgan fingerprint density at radius 2 is 2.05 bits per heavy atom. The number of hydrogen-bond acceptors (Lipinski definition) is 3. The molecule has 0 aliphatic heterocycles. The molecule has 20 heavy (non-hydrogen) atoms. The largest absolute Gasteiger partial charge is 0.493 e. The number of benzene rings is 1. The normalized spacial score (nSPS) is 13.8. The molecule has 3 nitrogen and oxygen atoms in total. The molecule has 0 radical (unpaired) electrons. The van der Waals surface area contributed by atoms with E-state index >= 15 is 0 Å². The first-order chi connectivity index (χ1) is 9.52. The summed E-state index contributed by atoms with van der Waals surface area (Å²) in [6.07, 6.45) is 1.70. The Morgan fingerprint density at radius 1 is 1.35 bits per heavy atom. The molecular weight excluding hydrogens is 248 g/mol. The molecule has 1 rings (SSSR count). The third-order valence-electron chi connectivity index (χ3n) is 3.41. The van der Waals surface area contributed by atoms with Crippen LogP contribution in [-0.4, -0.2) is 18.7 Å². The van der Waals surface area contributed by atoms with Crippen LogP contribution in [0.1, 0.15) is 52.0 Å². The van der Waals surface area contributed by atoms with Gasteiger partial charge in [-0.1, -0.05) is 39.0 Å². The number of nitrogens with one attached hydrogen (secondary N) is 1.